The highest BCUT2D eigenvalue weighted by Crippen LogP contribution is 2.15. The molecule has 0 aromatic heterocycles. The van der Waals surface area contributed by atoms with E-state index in [4.69, 9.17) is 6.42 Å². The second kappa shape index (κ2) is 5.64. The van der Waals surface area contributed by atoms with Gasteiger partial charge >= 0.3 is 0 Å². The van der Waals surface area contributed by atoms with Crippen LogP contribution in [0.3, 0.4) is 0 Å². The molecule has 98 valence electrons. The van der Waals surface area contributed by atoms with Gasteiger partial charge in [0.25, 0.3) is 0 Å². The molecular formula is C19H15F. The molecule has 0 radical (unpaired) electrons. The first-order valence-electron chi connectivity index (χ1n) is 6.37. The van der Waals surface area contributed by atoms with Crippen LogP contribution in [0.1, 0.15) is 33.4 Å². The van der Waals surface area contributed by atoms with Gasteiger partial charge in [-0.05, 0) is 61.7 Å². The number of halogens is 1. The third-order valence-electron chi connectivity index (χ3n) is 3.14. The summed E-state index contributed by atoms with van der Waals surface area (Å²) in [5.41, 5.74) is 5.07. The molecule has 2 aromatic carbocycles. The molecule has 0 saturated heterocycles. The van der Waals surface area contributed by atoms with Crippen molar-refractivity contribution in [2.75, 3.05) is 0 Å². The van der Waals surface area contributed by atoms with Gasteiger partial charge in [0.2, 0.25) is 0 Å². The topological polar surface area (TPSA) is 0 Å². The smallest absolute Gasteiger partial charge is 0.139 e. The van der Waals surface area contributed by atoms with Gasteiger partial charge in [-0.2, -0.15) is 0 Å². The van der Waals surface area contributed by atoms with Gasteiger partial charge in [0.1, 0.15) is 5.82 Å². The Kier molecular flexibility index (Phi) is 3.92. The van der Waals surface area contributed by atoms with E-state index in [9.17, 15) is 4.39 Å². The number of hydrogen-bond donors (Lipinski definition) is 0. The number of aryl methyl sites for hydroxylation is 3. The molecule has 0 atom stereocenters. The Labute approximate surface area is 119 Å². The van der Waals surface area contributed by atoms with Gasteiger partial charge in [-0.15, -0.1) is 6.42 Å². The molecule has 0 bridgehead atoms. The van der Waals surface area contributed by atoms with Crippen molar-refractivity contribution >= 4 is 0 Å². The monoisotopic (exact) mass is 262 g/mol. The van der Waals surface area contributed by atoms with Crippen molar-refractivity contribution < 1.29 is 4.39 Å². The number of hydrogen-bond acceptors (Lipinski definition) is 0. The van der Waals surface area contributed by atoms with Crippen LogP contribution >= 0.6 is 0 Å². The maximum absolute atomic E-state index is 13.7. The Morgan fingerprint density at radius 1 is 0.950 bits per heavy atom. The average molecular weight is 262 g/mol. The number of terminal acetylenes is 1. The zero-order chi connectivity index (χ0) is 14.7. The van der Waals surface area contributed by atoms with Crippen molar-refractivity contribution in [2.24, 2.45) is 0 Å². The van der Waals surface area contributed by atoms with Crippen LogP contribution in [-0.2, 0) is 0 Å². The van der Waals surface area contributed by atoms with Crippen LogP contribution in [0.15, 0.2) is 30.3 Å². The van der Waals surface area contributed by atoms with Crippen molar-refractivity contribution in [3.05, 3.63) is 69.5 Å². The second-order valence-electron chi connectivity index (χ2n) is 4.86. The van der Waals surface area contributed by atoms with Crippen LogP contribution in [0.2, 0.25) is 0 Å². The van der Waals surface area contributed by atoms with E-state index in [2.05, 4.69) is 17.8 Å². The molecule has 0 amide bonds. The summed E-state index contributed by atoms with van der Waals surface area (Å²) >= 11 is 0. The van der Waals surface area contributed by atoms with Crippen molar-refractivity contribution in [2.45, 2.75) is 20.8 Å². The standard InChI is InChI=1S/C19H15F/c1-5-18-14(3)11-16(12-15(18)4)7-9-17-8-6-13(2)10-19(17)20/h1,6,8,10-12H,2-4H3. The summed E-state index contributed by atoms with van der Waals surface area (Å²) in [7, 11) is 0. The van der Waals surface area contributed by atoms with Crippen LogP contribution in [0, 0.1) is 50.8 Å². The summed E-state index contributed by atoms with van der Waals surface area (Å²) in [4.78, 5) is 0. The highest BCUT2D eigenvalue weighted by Gasteiger charge is 2.02. The lowest BCUT2D eigenvalue weighted by atomic mass is 10.00. The number of benzene rings is 2. The minimum Gasteiger partial charge on any atom is -0.206 e. The van der Waals surface area contributed by atoms with Gasteiger partial charge in [0, 0.05) is 11.1 Å². The van der Waals surface area contributed by atoms with E-state index in [1.54, 1.807) is 6.07 Å². The minimum absolute atomic E-state index is 0.286. The summed E-state index contributed by atoms with van der Waals surface area (Å²) in [5.74, 6) is 8.25. The third kappa shape index (κ3) is 2.90. The lowest BCUT2D eigenvalue weighted by Crippen LogP contribution is -1.90. The molecule has 2 rings (SSSR count). The zero-order valence-electron chi connectivity index (χ0n) is 11.8. The van der Waals surface area contributed by atoms with E-state index in [1.807, 2.05) is 39.0 Å². The summed E-state index contributed by atoms with van der Waals surface area (Å²) in [6.45, 7) is 5.77. The van der Waals surface area contributed by atoms with Crippen molar-refractivity contribution in [3.63, 3.8) is 0 Å². The molecular weight excluding hydrogens is 247 g/mol. The van der Waals surface area contributed by atoms with E-state index in [1.165, 1.54) is 6.07 Å². The van der Waals surface area contributed by atoms with Gasteiger partial charge in [-0.1, -0.05) is 23.8 Å². The third-order valence-corrected chi connectivity index (χ3v) is 3.14. The lowest BCUT2D eigenvalue weighted by molar-refractivity contribution is 0.623. The summed E-state index contributed by atoms with van der Waals surface area (Å²) < 4.78 is 13.7. The first-order chi connectivity index (χ1) is 9.51. The molecule has 0 heterocycles. The summed E-state index contributed by atoms with van der Waals surface area (Å²) in [6, 6.07) is 8.91. The molecule has 0 N–H and O–H groups in total. The molecule has 0 unspecified atom stereocenters. The van der Waals surface area contributed by atoms with Crippen molar-refractivity contribution in [1.29, 1.82) is 0 Å². The average Bonchev–Trinajstić information content (AvgIpc) is 2.37. The summed E-state index contributed by atoms with van der Waals surface area (Å²) in [5, 5.41) is 0. The van der Waals surface area contributed by atoms with Crippen molar-refractivity contribution in [1.82, 2.24) is 0 Å². The molecule has 0 aliphatic heterocycles. The molecule has 2 aromatic rings. The second-order valence-corrected chi connectivity index (χ2v) is 4.86. The Balaban J connectivity index is 2.41. The Bertz CT molecular complexity index is 742. The molecule has 0 nitrogen and oxygen atoms in total. The molecule has 0 aliphatic carbocycles. The van der Waals surface area contributed by atoms with Crippen LogP contribution in [0.25, 0.3) is 0 Å². The molecule has 0 saturated carbocycles. The lowest BCUT2D eigenvalue weighted by Gasteiger charge is -2.04. The van der Waals surface area contributed by atoms with Gasteiger partial charge in [-0.3, -0.25) is 0 Å². The van der Waals surface area contributed by atoms with Gasteiger partial charge in [0.05, 0.1) is 5.56 Å². The van der Waals surface area contributed by atoms with E-state index in [0.717, 1.165) is 27.8 Å². The van der Waals surface area contributed by atoms with Gasteiger partial charge in [0.15, 0.2) is 0 Å². The largest absolute Gasteiger partial charge is 0.206 e. The fraction of sp³-hybridized carbons (Fsp3) is 0.158. The minimum atomic E-state index is -0.286. The quantitative estimate of drug-likeness (QED) is 0.626. The van der Waals surface area contributed by atoms with E-state index in [0.29, 0.717) is 5.56 Å². The predicted octanol–water partition coefficient (Wildman–Crippen LogP) is 4.13. The first-order valence-corrected chi connectivity index (χ1v) is 6.37. The fourth-order valence-electron chi connectivity index (χ4n) is 2.12. The normalized spacial score (nSPS) is 9.55. The SMILES string of the molecule is C#Cc1c(C)cc(C#Cc2ccc(C)cc2F)cc1C. The van der Waals surface area contributed by atoms with E-state index in [-0.39, 0.29) is 5.82 Å². The Morgan fingerprint density at radius 3 is 2.15 bits per heavy atom. The van der Waals surface area contributed by atoms with Crippen LogP contribution < -0.4 is 0 Å². The fourth-order valence-corrected chi connectivity index (χ4v) is 2.12. The first kappa shape index (κ1) is 13.9. The molecule has 1 heteroatoms. The van der Waals surface area contributed by atoms with Crippen molar-refractivity contribution in [3.8, 4) is 24.2 Å². The van der Waals surface area contributed by atoms with Gasteiger partial charge in [-0.25, -0.2) is 4.39 Å². The summed E-state index contributed by atoms with van der Waals surface area (Å²) in [6.07, 6.45) is 5.46. The van der Waals surface area contributed by atoms with Crippen LogP contribution in [0.5, 0.6) is 0 Å². The Hall–Kier alpha value is -2.51. The van der Waals surface area contributed by atoms with E-state index < -0.39 is 0 Å². The highest BCUT2D eigenvalue weighted by atomic mass is 19.1. The Morgan fingerprint density at radius 2 is 1.60 bits per heavy atom. The maximum atomic E-state index is 13.7. The van der Waals surface area contributed by atoms with E-state index >= 15 is 0 Å². The highest BCUT2D eigenvalue weighted by molar-refractivity contribution is 5.52. The van der Waals surface area contributed by atoms with Crippen LogP contribution in [0.4, 0.5) is 4.39 Å². The van der Waals surface area contributed by atoms with Gasteiger partial charge < -0.3 is 0 Å². The maximum Gasteiger partial charge on any atom is 0.139 e. The molecule has 20 heavy (non-hydrogen) atoms. The zero-order valence-corrected chi connectivity index (χ0v) is 11.8. The number of rotatable bonds is 0. The van der Waals surface area contributed by atoms with Crippen LogP contribution in [-0.4, -0.2) is 0 Å². The molecule has 0 spiro atoms. The predicted molar refractivity (Wildman–Crippen MR) is 81.0 cm³/mol. The molecule has 0 fully saturated rings. The molecule has 0 aliphatic rings.